The van der Waals surface area contributed by atoms with Crippen LogP contribution in [0, 0.1) is 0 Å². The monoisotopic (exact) mass is 219 g/mol. The van der Waals surface area contributed by atoms with Crippen molar-refractivity contribution in [2.75, 3.05) is 0 Å². The maximum absolute atomic E-state index is 5.90. The normalized spacial score (nSPS) is 12.4. The summed E-state index contributed by atoms with van der Waals surface area (Å²) in [5.74, 6) is 0. The van der Waals surface area contributed by atoms with Crippen molar-refractivity contribution in [2.45, 2.75) is 0 Å². The third kappa shape index (κ3) is 1.18. The van der Waals surface area contributed by atoms with Crippen molar-refractivity contribution in [3.8, 4) is 0 Å². The van der Waals surface area contributed by atoms with Gasteiger partial charge in [0.25, 0.3) is 0 Å². The highest BCUT2D eigenvalue weighted by Gasteiger charge is 2.15. The molecule has 1 atom stereocenters. The minimum Gasteiger partial charge on any atom is -0.212 e. The van der Waals surface area contributed by atoms with Gasteiger partial charge in [0.1, 0.15) is 17.2 Å². The van der Waals surface area contributed by atoms with Crippen molar-refractivity contribution in [1.82, 2.24) is 9.97 Å². The van der Waals surface area contributed by atoms with Crippen LogP contribution in [0.4, 0.5) is 0 Å². The van der Waals surface area contributed by atoms with E-state index in [1.165, 1.54) is 0 Å². The molecular formula is C7H5Cl2N2S+. The minimum atomic E-state index is 0.0362. The van der Waals surface area contributed by atoms with Crippen LogP contribution in [-0.2, 0) is 6.26 Å². The maximum atomic E-state index is 5.90. The van der Waals surface area contributed by atoms with Crippen LogP contribution in [0.2, 0.25) is 10.4 Å². The quantitative estimate of drug-likeness (QED) is 0.387. The third-order valence-electron chi connectivity index (χ3n) is 1.58. The first kappa shape index (κ1) is 8.23. The van der Waals surface area contributed by atoms with Crippen LogP contribution in [0.5, 0.6) is 0 Å². The fraction of sp³-hybridized carbons (Fsp3) is 0.143. The zero-order valence-electron chi connectivity index (χ0n) is 6.21. The molecule has 2 nitrogen and oxygen atoms in total. The molecule has 2 aromatic rings. The third-order valence-corrected chi connectivity index (χ3v) is 3.72. The number of thiophene rings is 1. The van der Waals surface area contributed by atoms with E-state index in [-0.39, 0.29) is 15.8 Å². The standard InChI is InChI=1S/C7H5Cl2N2S/c1-12-3-2-4-5(12)6(8)11-7(9)10-4/h2-3H,1H3/q+1. The van der Waals surface area contributed by atoms with Crippen LogP contribution in [-0.4, -0.2) is 9.97 Å². The van der Waals surface area contributed by atoms with Crippen molar-refractivity contribution >= 4 is 43.9 Å². The first-order chi connectivity index (χ1) is 5.68. The second kappa shape index (κ2) is 2.83. The molecule has 0 aromatic carbocycles. The van der Waals surface area contributed by atoms with E-state index in [4.69, 9.17) is 23.2 Å². The van der Waals surface area contributed by atoms with Gasteiger partial charge in [-0.3, -0.25) is 0 Å². The molecule has 1 unspecified atom stereocenters. The molecule has 2 rings (SSSR count). The Kier molecular flexibility index (Phi) is 1.94. The molecule has 0 aliphatic carbocycles. The van der Waals surface area contributed by atoms with E-state index in [1.807, 2.05) is 6.07 Å². The van der Waals surface area contributed by atoms with Crippen LogP contribution in [0.25, 0.3) is 10.2 Å². The molecule has 0 aliphatic heterocycles. The summed E-state index contributed by atoms with van der Waals surface area (Å²) in [6.07, 6.45) is 2.07. The van der Waals surface area contributed by atoms with E-state index in [2.05, 4.69) is 21.6 Å². The Bertz CT molecular complexity index is 438. The number of fused-ring (bicyclic) bond motifs is 1. The van der Waals surface area contributed by atoms with Gasteiger partial charge in [0.2, 0.25) is 9.98 Å². The zero-order chi connectivity index (χ0) is 8.72. The van der Waals surface area contributed by atoms with Crippen molar-refractivity contribution in [1.29, 1.82) is 0 Å². The molecule has 0 radical (unpaired) electrons. The number of rotatable bonds is 0. The molecule has 0 bridgehead atoms. The van der Waals surface area contributed by atoms with Crippen molar-refractivity contribution in [3.05, 3.63) is 21.9 Å². The summed E-state index contributed by atoms with van der Waals surface area (Å²) in [6.45, 7) is 0. The number of aryl methyl sites for hydroxylation is 1. The summed E-state index contributed by atoms with van der Waals surface area (Å²) in [5, 5.41) is 2.74. The van der Waals surface area contributed by atoms with E-state index >= 15 is 0 Å². The molecule has 2 heterocycles. The fourth-order valence-electron chi connectivity index (χ4n) is 1.06. The number of hydrogen-bond acceptors (Lipinski definition) is 2. The van der Waals surface area contributed by atoms with Crippen molar-refractivity contribution < 1.29 is 0 Å². The van der Waals surface area contributed by atoms with Gasteiger partial charge >= 0.3 is 0 Å². The van der Waals surface area contributed by atoms with Gasteiger partial charge in [-0.1, -0.05) is 11.6 Å². The van der Waals surface area contributed by atoms with Crippen LogP contribution in [0.3, 0.4) is 0 Å². The smallest absolute Gasteiger partial charge is 0.212 e. The molecular weight excluding hydrogens is 215 g/mol. The van der Waals surface area contributed by atoms with E-state index in [0.717, 1.165) is 10.2 Å². The Hall–Kier alpha value is -0.380. The first-order valence-corrected chi connectivity index (χ1v) is 5.69. The average Bonchev–Trinajstić information content (AvgIpc) is 2.31. The van der Waals surface area contributed by atoms with E-state index in [1.54, 1.807) is 0 Å². The average molecular weight is 220 g/mol. The lowest BCUT2D eigenvalue weighted by Crippen LogP contribution is -1.82. The predicted octanol–water partition coefficient (Wildman–Crippen LogP) is 3.22. The molecule has 12 heavy (non-hydrogen) atoms. The fourth-order valence-corrected chi connectivity index (χ4v) is 3.04. The summed E-state index contributed by atoms with van der Waals surface area (Å²) < 4.78 is 1.00. The lowest BCUT2D eigenvalue weighted by atomic mass is 10.5. The Balaban J connectivity index is 2.93. The summed E-state index contributed by atoms with van der Waals surface area (Å²) in [7, 11) is 0.0362. The number of halogens is 2. The predicted molar refractivity (Wildman–Crippen MR) is 53.0 cm³/mol. The highest BCUT2D eigenvalue weighted by molar-refractivity contribution is 7.34. The highest BCUT2D eigenvalue weighted by Crippen LogP contribution is 2.33. The Morgan fingerprint density at radius 2 is 2.08 bits per heavy atom. The first-order valence-electron chi connectivity index (χ1n) is 3.24. The van der Waals surface area contributed by atoms with E-state index in [0.29, 0.717) is 5.15 Å². The summed E-state index contributed by atoms with van der Waals surface area (Å²) >= 11 is 11.5. The molecule has 0 fully saturated rings. The summed E-state index contributed by atoms with van der Waals surface area (Å²) in [5.41, 5.74) is 0.853. The molecule has 0 amide bonds. The summed E-state index contributed by atoms with van der Waals surface area (Å²) in [4.78, 5) is 7.94. The highest BCUT2D eigenvalue weighted by atomic mass is 35.5. The molecule has 0 saturated heterocycles. The van der Waals surface area contributed by atoms with E-state index in [9.17, 15) is 0 Å². The number of nitrogens with zero attached hydrogens (tertiary/aromatic N) is 2. The minimum absolute atomic E-state index is 0.0362. The van der Waals surface area contributed by atoms with Gasteiger partial charge in [-0.25, -0.2) is 9.97 Å². The largest absolute Gasteiger partial charge is 0.236 e. The van der Waals surface area contributed by atoms with Gasteiger partial charge in [-0.05, 0) is 22.1 Å². The molecule has 2 aromatic heterocycles. The molecule has 5 heteroatoms. The molecule has 0 N–H and O–H groups in total. The van der Waals surface area contributed by atoms with Gasteiger partial charge in [-0.2, -0.15) is 0 Å². The van der Waals surface area contributed by atoms with Gasteiger partial charge in [0.15, 0.2) is 5.15 Å². The molecule has 62 valence electrons. The van der Waals surface area contributed by atoms with Gasteiger partial charge in [-0.15, -0.1) is 0 Å². The topological polar surface area (TPSA) is 25.8 Å². The lowest BCUT2D eigenvalue weighted by molar-refractivity contribution is 1.23. The van der Waals surface area contributed by atoms with Crippen LogP contribution < -0.4 is 0 Å². The van der Waals surface area contributed by atoms with Gasteiger partial charge in [0, 0.05) is 6.07 Å². The van der Waals surface area contributed by atoms with Crippen LogP contribution in [0.1, 0.15) is 0 Å². The Morgan fingerprint density at radius 3 is 2.83 bits per heavy atom. The second-order valence-corrected chi connectivity index (χ2v) is 4.85. The molecule has 0 spiro atoms. The van der Waals surface area contributed by atoms with Crippen LogP contribution in [0.15, 0.2) is 11.4 Å². The van der Waals surface area contributed by atoms with E-state index < -0.39 is 0 Å². The Labute approximate surface area is 82.1 Å². The van der Waals surface area contributed by atoms with Crippen molar-refractivity contribution in [2.24, 2.45) is 6.26 Å². The number of hydrogen-bond donors (Lipinski definition) is 0. The van der Waals surface area contributed by atoms with Crippen LogP contribution >= 0.6 is 33.7 Å². The lowest BCUT2D eigenvalue weighted by Gasteiger charge is -1.89. The van der Waals surface area contributed by atoms with Gasteiger partial charge < -0.3 is 0 Å². The number of aromatic nitrogens is 2. The molecule has 0 saturated carbocycles. The van der Waals surface area contributed by atoms with Crippen molar-refractivity contribution in [3.63, 3.8) is 0 Å². The SMILES string of the molecule is C[s+]1ccc2nc(Cl)nc(Cl)c21. The molecule has 0 aliphatic rings. The van der Waals surface area contributed by atoms with Gasteiger partial charge in [0.05, 0.1) is 0 Å². The zero-order valence-corrected chi connectivity index (χ0v) is 8.54. The summed E-state index contributed by atoms with van der Waals surface area (Å²) in [6, 6.07) is 1.93. The maximum Gasteiger partial charge on any atom is 0.236 e. The second-order valence-electron chi connectivity index (χ2n) is 2.36. The Morgan fingerprint density at radius 1 is 1.33 bits per heavy atom.